The monoisotopic (exact) mass is 355 g/mol. The number of carbonyl (C=O) groups excluding carboxylic acids is 2. The summed E-state index contributed by atoms with van der Waals surface area (Å²) in [5, 5.41) is 4.06. The Bertz CT molecular complexity index is 815. The average molecular weight is 355 g/mol. The van der Waals surface area contributed by atoms with Crippen molar-refractivity contribution in [3.05, 3.63) is 35.6 Å². The van der Waals surface area contributed by atoms with Crippen LogP contribution < -0.4 is 5.32 Å². The van der Waals surface area contributed by atoms with Crippen molar-refractivity contribution in [1.82, 2.24) is 15.1 Å². The van der Waals surface area contributed by atoms with Crippen molar-refractivity contribution in [3.8, 4) is 0 Å². The van der Waals surface area contributed by atoms with Gasteiger partial charge in [-0.2, -0.15) is 0 Å². The minimum Gasteiger partial charge on any atom is -0.461 e. The summed E-state index contributed by atoms with van der Waals surface area (Å²) < 4.78 is 5.56. The number of furan rings is 1. The van der Waals surface area contributed by atoms with Gasteiger partial charge in [0.05, 0.1) is 0 Å². The van der Waals surface area contributed by atoms with Gasteiger partial charge in [-0.15, -0.1) is 0 Å². The van der Waals surface area contributed by atoms with Gasteiger partial charge in [0.15, 0.2) is 0 Å². The molecule has 1 aromatic carbocycles. The summed E-state index contributed by atoms with van der Waals surface area (Å²) in [5.74, 6) is 0.780. The number of carbonyl (C=O) groups is 2. The summed E-state index contributed by atoms with van der Waals surface area (Å²) >= 11 is 0. The summed E-state index contributed by atoms with van der Waals surface area (Å²) in [6, 6.07) is 7.73. The summed E-state index contributed by atoms with van der Waals surface area (Å²) in [6.07, 6.45) is 3.83. The molecular weight excluding hydrogens is 330 g/mol. The van der Waals surface area contributed by atoms with E-state index in [9.17, 15) is 9.59 Å². The molecule has 0 radical (unpaired) electrons. The first-order valence-corrected chi connectivity index (χ1v) is 9.45. The van der Waals surface area contributed by atoms with E-state index in [-0.39, 0.29) is 18.0 Å². The van der Waals surface area contributed by atoms with Crippen molar-refractivity contribution in [2.45, 2.75) is 38.6 Å². The zero-order valence-electron chi connectivity index (χ0n) is 15.2. The molecule has 0 atom stereocenters. The standard InChI is InChI=1S/C20H25N3O3/c1-14-12-16-13-15(4-5-18(16)26-14)19(24)21-17-6-10-23(11-7-17)20(25)22-8-2-3-9-22/h4-5,12-13,17H,2-3,6-11H2,1H3,(H,21,24). The maximum Gasteiger partial charge on any atom is 0.319 e. The molecule has 2 aliphatic heterocycles. The minimum absolute atomic E-state index is 0.0601. The Balaban J connectivity index is 1.33. The number of piperidine rings is 1. The molecule has 6 heteroatoms. The number of rotatable bonds is 2. The van der Waals surface area contributed by atoms with Gasteiger partial charge in [0.1, 0.15) is 11.3 Å². The molecule has 2 saturated heterocycles. The number of hydrogen-bond donors (Lipinski definition) is 1. The summed E-state index contributed by atoms with van der Waals surface area (Å²) in [4.78, 5) is 28.9. The van der Waals surface area contributed by atoms with Crippen LogP contribution in [0.5, 0.6) is 0 Å². The van der Waals surface area contributed by atoms with Gasteiger partial charge in [-0.3, -0.25) is 4.79 Å². The predicted molar refractivity (Wildman–Crippen MR) is 99.2 cm³/mol. The Morgan fingerprint density at radius 1 is 1.04 bits per heavy atom. The molecule has 0 bridgehead atoms. The van der Waals surface area contributed by atoms with Crippen LogP contribution in [0.15, 0.2) is 28.7 Å². The molecule has 138 valence electrons. The second kappa shape index (κ2) is 7.02. The maximum absolute atomic E-state index is 12.6. The molecular formula is C20H25N3O3. The third kappa shape index (κ3) is 3.41. The van der Waals surface area contributed by atoms with E-state index in [0.717, 1.165) is 55.5 Å². The van der Waals surface area contributed by atoms with Gasteiger partial charge in [-0.05, 0) is 56.9 Å². The van der Waals surface area contributed by atoms with Gasteiger partial charge in [0.2, 0.25) is 0 Å². The molecule has 0 saturated carbocycles. The van der Waals surface area contributed by atoms with Crippen LogP contribution in [0.25, 0.3) is 11.0 Å². The fraction of sp³-hybridized carbons (Fsp3) is 0.500. The van der Waals surface area contributed by atoms with Crippen LogP contribution in [0.1, 0.15) is 41.8 Å². The Morgan fingerprint density at radius 2 is 1.73 bits per heavy atom. The van der Waals surface area contributed by atoms with Crippen molar-refractivity contribution in [2.75, 3.05) is 26.2 Å². The third-order valence-corrected chi connectivity index (χ3v) is 5.38. The number of amides is 3. The highest BCUT2D eigenvalue weighted by atomic mass is 16.3. The molecule has 6 nitrogen and oxygen atoms in total. The van der Waals surface area contributed by atoms with E-state index in [4.69, 9.17) is 4.42 Å². The molecule has 0 unspecified atom stereocenters. The number of likely N-dealkylation sites (tertiary alicyclic amines) is 2. The lowest BCUT2D eigenvalue weighted by molar-refractivity contribution is 0.0913. The largest absolute Gasteiger partial charge is 0.461 e. The van der Waals surface area contributed by atoms with Gasteiger partial charge in [0.25, 0.3) is 5.91 Å². The fourth-order valence-electron chi connectivity index (χ4n) is 3.91. The Morgan fingerprint density at radius 3 is 2.46 bits per heavy atom. The molecule has 1 N–H and O–H groups in total. The van der Waals surface area contributed by atoms with Crippen LogP contribution in [0.3, 0.4) is 0 Å². The number of nitrogens with one attached hydrogen (secondary N) is 1. The number of benzene rings is 1. The molecule has 2 fully saturated rings. The lowest BCUT2D eigenvalue weighted by Crippen LogP contribution is -2.50. The Hall–Kier alpha value is -2.50. The molecule has 1 aromatic heterocycles. The first-order valence-electron chi connectivity index (χ1n) is 9.45. The molecule has 26 heavy (non-hydrogen) atoms. The van der Waals surface area contributed by atoms with Crippen molar-refractivity contribution >= 4 is 22.9 Å². The van der Waals surface area contributed by atoms with Crippen LogP contribution in [0, 0.1) is 6.92 Å². The zero-order valence-corrected chi connectivity index (χ0v) is 15.2. The quantitative estimate of drug-likeness (QED) is 0.900. The molecule has 2 aromatic rings. The molecule has 4 rings (SSSR count). The highest BCUT2D eigenvalue weighted by Crippen LogP contribution is 2.21. The highest BCUT2D eigenvalue weighted by molar-refractivity contribution is 5.98. The van der Waals surface area contributed by atoms with E-state index in [1.165, 1.54) is 0 Å². The number of aryl methyl sites for hydroxylation is 1. The number of hydrogen-bond acceptors (Lipinski definition) is 3. The Labute approximate surface area is 153 Å². The summed E-state index contributed by atoms with van der Waals surface area (Å²) in [6.45, 7) is 5.08. The lowest BCUT2D eigenvalue weighted by Gasteiger charge is -2.34. The van der Waals surface area contributed by atoms with Crippen molar-refractivity contribution in [1.29, 1.82) is 0 Å². The van der Waals surface area contributed by atoms with Crippen LogP contribution in [0.4, 0.5) is 4.79 Å². The normalized spacial score (nSPS) is 18.5. The van der Waals surface area contributed by atoms with E-state index in [1.54, 1.807) is 6.07 Å². The van der Waals surface area contributed by atoms with Crippen molar-refractivity contribution < 1.29 is 14.0 Å². The molecule has 2 aliphatic rings. The first-order chi connectivity index (χ1) is 12.6. The van der Waals surface area contributed by atoms with Gasteiger partial charge >= 0.3 is 6.03 Å². The second-order valence-electron chi connectivity index (χ2n) is 7.32. The van der Waals surface area contributed by atoms with E-state index in [1.807, 2.05) is 34.9 Å². The van der Waals surface area contributed by atoms with Gasteiger partial charge < -0.3 is 19.5 Å². The topological polar surface area (TPSA) is 65.8 Å². The van der Waals surface area contributed by atoms with Crippen LogP contribution in [-0.2, 0) is 0 Å². The maximum atomic E-state index is 12.6. The van der Waals surface area contributed by atoms with Crippen molar-refractivity contribution in [2.24, 2.45) is 0 Å². The van der Waals surface area contributed by atoms with Crippen LogP contribution >= 0.6 is 0 Å². The Kier molecular flexibility index (Phi) is 4.57. The van der Waals surface area contributed by atoms with Crippen LogP contribution in [0.2, 0.25) is 0 Å². The second-order valence-corrected chi connectivity index (χ2v) is 7.32. The lowest BCUT2D eigenvalue weighted by atomic mass is 10.0. The smallest absolute Gasteiger partial charge is 0.319 e. The summed E-state index contributed by atoms with van der Waals surface area (Å²) in [7, 11) is 0. The fourth-order valence-corrected chi connectivity index (χ4v) is 3.91. The molecule has 0 aliphatic carbocycles. The third-order valence-electron chi connectivity index (χ3n) is 5.38. The summed E-state index contributed by atoms with van der Waals surface area (Å²) in [5.41, 5.74) is 1.45. The zero-order chi connectivity index (χ0) is 18.1. The van der Waals surface area contributed by atoms with Gasteiger partial charge in [-0.25, -0.2) is 4.79 Å². The minimum atomic E-state index is -0.0601. The van der Waals surface area contributed by atoms with Crippen molar-refractivity contribution in [3.63, 3.8) is 0 Å². The van der Waals surface area contributed by atoms with E-state index >= 15 is 0 Å². The molecule has 3 heterocycles. The van der Waals surface area contributed by atoms with E-state index in [2.05, 4.69) is 5.32 Å². The highest BCUT2D eigenvalue weighted by Gasteiger charge is 2.28. The molecule has 3 amide bonds. The van der Waals surface area contributed by atoms with E-state index in [0.29, 0.717) is 18.7 Å². The number of nitrogens with zero attached hydrogens (tertiary/aromatic N) is 2. The van der Waals surface area contributed by atoms with E-state index < -0.39 is 0 Å². The average Bonchev–Trinajstić information content (AvgIpc) is 3.29. The first kappa shape index (κ1) is 16.9. The number of fused-ring (bicyclic) bond motifs is 1. The van der Waals surface area contributed by atoms with Gasteiger partial charge in [0, 0.05) is 43.2 Å². The molecule has 0 spiro atoms. The number of urea groups is 1. The SMILES string of the molecule is Cc1cc2cc(C(=O)NC3CCN(C(=O)N4CCCC4)CC3)ccc2o1. The van der Waals surface area contributed by atoms with Gasteiger partial charge in [-0.1, -0.05) is 0 Å². The van der Waals surface area contributed by atoms with Crippen LogP contribution in [-0.4, -0.2) is 54.0 Å². The predicted octanol–water partition coefficient (Wildman–Crippen LogP) is 3.15.